The molecule has 0 unspecified atom stereocenters. The van der Waals surface area contributed by atoms with Crippen LogP contribution in [0.2, 0.25) is 0 Å². The molecule has 0 spiro atoms. The molecule has 1 nitrogen and oxygen atoms in total. The van der Waals surface area contributed by atoms with E-state index in [1.807, 2.05) is 36.4 Å². The van der Waals surface area contributed by atoms with Crippen molar-refractivity contribution in [2.45, 2.75) is 13.5 Å². The Morgan fingerprint density at radius 2 is 1.76 bits per heavy atom. The van der Waals surface area contributed by atoms with E-state index in [1.54, 1.807) is 0 Å². The molecule has 0 bridgehead atoms. The van der Waals surface area contributed by atoms with E-state index < -0.39 is 0 Å². The van der Waals surface area contributed by atoms with Gasteiger partial charge >= 0.3 is 0 Å². The molecule has 0 atom stereocenters. The molecule has 0 heterocycles. The van der Waals surface area contributed by atoms with Crippen molar-refractivity contribution < 1.29 is 4.74 Å². The molecule has 0 aliphatic rings. The predicted molar refractivity (Wildman–Crippen MR) is 77.4 cm³/mol. The van der Waals surface area contributed by atoms with Crippen molar-refractivity contribution in [2.75, 3.05) is 0 Å². The molecule has 17 heavy (non-hydrogen) atoms. The Kier molecular flexibility index (Phi) is 4.24. The van der Waals surface area contributed by atoms with E-state index in [4.69, 9.17) is 4.74 Å². The minimum absolute atomic E-state index is 0.572. The number of aryl methyl sites for hydroxylation is 1. The molecule has 0 aliphatic heterocycles. The van der Waals surface area contributed by atoms with Crippen LogP contribution in [0.5, 0.6) is 5.75 Å². The minimum Gasteiger partial charge on any atom is -0.489 e. The molecule has 0 aliphatic carbocycles. The highest BCUT2D eigenvalue weighted by Crippen LogP contribution is 2.23. The molecule has 88 valence electrons. The van der Waals surface area contributed by atoms with Gasteiger partial charge in [-0.25, -0.2) is 0 Å². The van der Waals surface area contributed by atoms with Crippen LogP contribution in [0.3, 0.4) is 0 Å². The first-order valence-electron chi connectivity index (χ1n) is 5.29. The van der Waals surface area contributed by atoms with E-state index in [0.29, 0.717) is 6.61 Å². The third kappa shape index (κ3) is 3.33. The number of halogens is 2. The third-order valence-corrected chi connectivity index (χ3v) is 4.14. The van der Waals surface area contributed by atoms with Gasteiger partial charge in [-0.15, -0.1) is 0 Å². The number of ether oxygens (including phenoxy) is 1. The van der Waals surface area contributed by atoms with Gasteiger partial charge in [-0.2, -0.15) is 0 Å². The van der Waals surface area contributed by atoms with Crippen molar-refractivity contribution in [2.24, 2.45) is 0 Å². The molecule has 0 radical (unpaired) electrons. The Morgan fingerprint density at radius 1 is 1.00 bits per heavy atom. The first kappa shape index (κ1) is 12.7. The van der Waals surface area contributed by atoms with Crippen LogP contribution >= 0.6 is 31.9 Å². The van der Waals surface area contributed by atoms with Crippen molar-refractivity contribution in [3.8, 4) is 5.75 Å². The third-order valence-electron chi connectivity index (χ3n) is 2.48. The lowest BCUT2D eigenvalue weighted by Gasteiger charge is -2.09. The lowest BCUT2D eigenvalue weighted by Crippen LogP contribution is -1.96. The van der Waals surface area contributed by atoms with Crippen molar-refractivity contribution in [3.05, 3.63) is 62.5 Å². The van der Waals surface area contributed by atoms with Gasteiger partial charge in [0.15, 0.2) is 0 Å². The van der Waals surface area contributed by atoms with Gasteiger partial charge in [0, 0.05) is 14.5 Å². The van der Waals surface area contributed by atoms with E-state index in [0.717, 1.165) is 20.3 Å². The second-order valence-corrected chi connectivity index (χ2v) is 5.50. The molecule has 0 aromatic heterocycles. The fourth-order valence-corrected chi connectivity index (χ4v) is 2.13. The molecular formula is C14H12Br2O. The molecule has 2 aromatic carbocycles. The van der Waals surface area contributed by atoms with Gasteiger partial charge in [-0.1, -0.05) is 50.1 Å². The maximum Gasteiger partial charge on any atom is 0.120 e. The molecule has 0 fully saturated rings. The molecular weight excluding hydrogens is 344 g/mol. The topological polar surface area (TPSA) is 9.23 Å². The second-order valence-electron chi connectivity index (χ2n) is 3.79. The lowest BCUT2D eigenvalue weighted by molar-refractivity contribution is 0.305. The second kappa shape index (κ2) is 5.69. The van der Waals surface area contributed by atoms with E-state index in [-0.39, 0.29) is 0 Å². The van der Waals surface area contributed by atoms with Crippen LogP contribution in [-0.4, -0.2) is 0 Å². The zero-order valence-corrected chi connectivity index (χ0v) is 12.6. The Hall–Kier alpha value is -0.800. The summed E-state index contributed by atoms with van der Waals surface area (Å²) < 4.78 is 7.94. The van der Waals surface area contributed by atoms with Gasteiger partial charge in [-0.3, -0.25) is 0 Å². The Labute approximate surface area is 118 Å². The lowest BCUT2D eigenvalue weighted by atomic mass is 10.2. The zero-order valence-electron chi connectivity index (χ0n) is 9.41. The van der Waals surface area contributed by atoms with Crippen LogP contribution < -0.4 is 4.74 Å². The SMILES string of the molecule is Cc1cc(OCc2ccccc2Br)ccc1Br. The highest BCUT2D eigenvalue weighted by Gasteiger charge is 2.01. The molecule has 2 rings (SSSR count). The summed E-state index contributed by atoms with van der Waals surface area (Å²) in [5.74, 6) is 0.890. The van der Waals surface area contributed by atoms with Crippen LogP contribution in [0, 0.1) is 6.92 Å². The van der Waals surface area contributed by atoms with Crippen LogP contribution in [-0.2, 0) is 6.61 Å². The average molecular weight is 356 g/mol. The van der Waals surface area contributed by atoms with E-state index in [2.05, 4.69) is 44.8 Å². The summed E-state index contributed by atoms with van der Waals surface area (Å²) in [5.41, 5.74) is 2.32. The van der Waals surface area contributed by atoms with Crippen LogP contribution in [0.25, 0.3) is 0 Å². The van der Waals surface area contributed by atoms with E-state index in [9.17, 15) is 0 Å². The first-order valence-corrected chi connectivity index (χ1v) is 6.88. The maximum atomic E-state index is 5.76. The van der Waals surface area contributed by atoms with Crippen molar-refractivity contribution in [1.29, 1.82) is 0 Å². The Bertz CT molecular complexity index is 523. The molecule has 0 N–H and O–H groups in total. The zero-order chi connectivity index (χ0) is 12.3. The van der Waals surface area contributed by atoms with Gasteiger partial charge in [-0.05, 0) is 36.8 Å². The summed E-state index contributed by atoms with van der Waals surface area (Å²) in [6.45, 7) is 2.62. The molecule has 0 saturated carbocycles. The first-order chi connectivity index (χ1) is 8.16. The highest BCUT2D eigenvalue weighted by atomic mass is 79.9. The fraction of sp³-hybridized carbons (Fsp3) is 0.143. The Balaban J connectivity index is 2.08. The van der Waals surface area contributed by atoms with Gasteiger partial charge in [0.05, 0.1) is 0 Å². The number of benzene rings is 2. The Morgan fingerprint density at radius 3 is 2.47 bits per heavy atom. The number of hydrogen-bond acceptors (Lipinski definition) is 1. The summed E-state index contributed by atoms with van der Waals surface area (Å²) >= 11 is 6.98. The molecule has 2 aromatic rings. The monoisotopic (exact) mass is 354 g/mol. The van der Waals surface area contributed by atoms with Gasteiger partial charge in [0.1, 0.15) is 12.4 Å². The van der Waals surface area contributed by atoms with Crippen LogP contribution in [0.15, 0.2) is 51.4 Å². The normalized spacial score (nSPS) is 10.3. The summed E-state index contributed by atoms with van der Waals surface area (Å²) in [6, 6.07) is 14.1. The highest BCUT2D eigenvalue weighted by molar-refractivity contribution is 9.10. The van der Waals surface area contributed by atoms with Gasteiger partial charge in [0.2, 0.25) is 0 Å². The maximum absolute atomic E-state index is 5.76. The van der Waals surface area contributed by atoms with Gasteiger partial charge < -0.3 is 4.74 Å². The van der Waals surface area contributed by atoms with Gasteiger partial charge in [0.25, 0.3) is 0 Å². The summed E-state index contributed by atoms with van der Waals surface area (Å²) in [5, 5.41) is 0. The van der Waals surface area contributed by atoms with Crippen LogP contribution in [0.1, 0.15) is 11.1 Å². The molecule has 3 heteroatoms. The minimum atomic E-state index is 0.572. The van der Waals surface area contributed by atoms with Crippen molar-refractivity contribution in [1.82, 2.24) is 0 Å². The smallest absolute Gasteiger partial charge is 0.120 e. The van der Waals surface area contributed by atoms with E-state index in [1.165, 1.54) is 5.56 Å². The molecule has 0 saturated heterocycles. The largest absolute Gasteiger partial charge is 0.489 e. The summed E-state index contributed by atoms with van der Waals surface area (Å²) in [4.78, 5) is 0. The number of rotatable bonds is 3. The predicted octanol–water partition coefficient (Wildman–Crippen LogP) is 5.10. The van der Waals surface area contributed by atoms with Crippen molar-refractivity contribution >= 4 is 31.9 Å². The molecule has 0 amide bonds. The summed E-state index contributed by atoms with van der Waals surface area (Å²) in [6.07, 6.45) is 0. The summed E-state index contributed by atoms with van der Waals surface area (Å²) in [7, 11) is 0. The van der Waals surface area contributed by atoms with Crippen molar-refractivity contribution in [3.63, 3.8) is 0 Å². The standard InChI is InChI=1S/C14H12Br2O/c1-10-8-12(6-7-13(10)15)17-9-11-4-2-3-5-14(11)16/h2-8H,9H2,1H3. The fourth-order valence-electron chi connectivity index (χ4n) is 1.48. The van der Waals surface area contributed by atoms with Crippen LogP contribution in [0.4, 0.5) is 0 Å². The average Bonchev–Trinajstić information content (AvgIpc) is 2.32. The van der Waals surface area contributed by atoms with E-state index >= 15 is 0 Å². The quantitative estimate of drug-likeness (QED) is 0.744. The number of hydrogen-bond donors (Lipinski definition) is 0.